The summed E-state index contributed by atoms with van der Waals surface area (Å²) in [6.45, 7) is 2.02. The van der Waals surface area contributed by atoms with Crippen molar-refractivity contribution in [2.24, 2.45) is 0 Å². The van der Waals surface area contributed by atoms with Gasteiger partial charge in [-0.15, -0.1) is 0 Å². The zero-order valence-electron chi connectivity index (χ0n) is 16.3. The van der Waals surface area contributed by atoms with E-state index in [-0.39, 0.29) is 65.7 Å². The fraction of sp³-hybridized carbons (Fsp3) is 0.875. The van der Waals surface area contributed by atoms with Gasteiger partial charge in [0.25, 0.3) is 10.1 Å². The van der Waals surface area contributed by atoms with Gasteiger partial charge >= 0.3 is 59.1 Å². The molecule has 142 valence electrons. The van der Waals surface area contributed by atoms with Gasteiger partial charge in [-0.25, -0.2) is 0 Å². The molecule has 7 nitrogen and oxygen atoms in total. The Balaban J connectivity index is -0.00000264. The van der Waals surface area contributed by atoms with E-state index in [1.165, 1.54) is 32.1 Å². The summed E-state index contributed by atoms with van der Waals surface area (Å²) >= 11 is 0. The molecule has 0 aliphatic heterocycles. The van der Waals surface area contributed by atoms with Crippen molar-refractivity contribution in [2.45, 2.75) is 82.8 Å². The third-order valence-corrected chi connectivity index (χ3v) is 5.26. The molecule has 0 aliphatic carbocycles. The van der Waals surface area contributed by atoms with Crippen LogP contribution in [0.15, 0.2) is 0 Å². The Morgan fingerprint density at radius 1 is 0.846 bits per heavy atom. The molecular weight excluding hydrogens is 382 g/mol. The molecule has 0 saturated heterocycles. The molecule has 0 rings (SSSR count). The first-order chi connectivity index (χ1) is 11.3. The van der Waals surface area contributed by atoms with Crippen LogP contribution in [0.2, 0.25) is 0 Å². The van der Waals surface area contributed by atoms with Crippen LogP contribution < -0.4 is 69.3 Å². The molecule has 0 amide bonds. The summed E-state index contributed by atoms with van der Waals surface area (Å²) in [5.41, 5.74) is 0. The van der Waals surface area contributed by atoms with Gasteiger partial charge in [0.2, 0.25) is 0 Å². The molecule has 0 aromatic rings. The van der Waals surface area contributed by atoms with Gasteiger partial charge in [0, 0.05) is 12.4 Å². The molecule has 0 heterocycles. The second-order valence-corrected chi connectivity index (χ2v) is 7.67. The topological polar surface area (TPSA) is 124 Å². The van der Waals surface area contributed by atoms with E-state index in [9.17, 15) is 28.2 Å². The van der Waals surface area contributed by atoms with Crippen molar-refractivity contribution in [1.82, 2.24) is 0 Å². The van der Waals surface area contributed by atoms with Gasteiger partial charge in [0.15, 0.2) is 0 Å². The van der Waals surface area contributed by atoms with Crippen LogP contribution >= 0.6 is 0 Å². The van der Waals surface area contributed by atoms with Crippen molar-refractivity contribution >= 4 is 22.1 Å². The van der Waals surface area contributed by atoms with Crippen molar-refractivity contribution in [2.75, 3.05) is 6.61 Å². The van der Waals surface area contributed by atoms with Gasteiger partial charge in [-0.05, 0) is 6.42 Å². The maximum absolute atomic E-state index is 11.6. The number of carbonyl (C=O) groups excluding carboxylic acids is 2. The molecule has 0 saturated carbocycles. The Morgan fingerprint density at radius 3 is 1.65 bits per heavy atom. The van der Waals surface area contributed by atoms with Crippen LogP contribution in [-0.4, -0.2) is 32.2 Å². The Labute approximate surface area is 201 Å². The number of carboxylic acid groups (broad SMARTS) is 2. The van der Waals surface area contributed by atoms with E-state index in [4.69, 9.17) is 0 Å². The summed E-state index contributed by atoms with van der Waals surface area (Å²) in [4.78, 5) is 21.1. The molecule has 0 fully saturated rings. The first kappa shape index (κ1) is 31.5. The number of hydrogen-bond donors (Lipinski definition) is 0. The minimum atomic E-state index is -4.51. The summed E-state index contributed by atoms with van der Waals surface area (Å²) < 4.78 is 27.9. The van der Waals surface area contributed by atoms with Gasteiger partial charge in [-0.1, -0.05) is 64.7 Å². The molecular formula is C16H28Na2O7S. The summed E-state index contributed by atoms with van der Waals surface area (Å²) in [6.07, 6.45) is 9.49. The van der Waals surface area contributed by atoms with Crippen LogP contribution in [0.3, 0.4) is 0 Å². The maximum Gasteiger partial charge on any atom is 1.00 e. The predicted octanol–water partition coefficient (Wildman–Crippen LogP) is -5.48. The summed E-state index contributed by atoms with van der Waals surface area (Å²) in [5.74, 6) is -3.78. The third kappa shape index (κ3) is 17.0. The quantitative estimate of drug-likeness (QED) is 0.141. The van der Waals surface area contributed by atoms with Crippen LogP contribution in [0.25, 0.3) is 0 Å². The Bertz CT molecular complexity index is 469. The molecule has 1 atom stereocenters. The van der Waals surface area contributed by atoms with Crippen molar-refractivity contribution in [3.05, 3.63) is 0 Å². The number of aliphatic carboxylic acids is 2. The van der Waals surface area contributed by atoms with Crippen molar-refractivity contribution in [3.63, 3.8) is 0 Å². The van der Waals surface area contributed by atoms with E-state index in [0.717, 1.165) is 25.7 Å². The fourth-order valence-electron chi connectivity index (χ4n) is 2.30. The number of carboxylic acids is 2. The maximum atomic E-state index is 11.6. The monoisotopic (exact) mass is 410 g/mol. The Morgan fingerprint density at radius 2 is 1.27 bits per heavy atom. The van der Waals surface area contributed by atoms with Gasteiger partial charge in [0.05, 0.1) is 12.6 Å². The van der Waals surface area contributed by atoms with E-state index in [2.05, 4.69) is 11.1 Å². The van der Waals surface area contributed by atoms with Crippen molar-refractivity contribution < 1.29 is 91.5 Å². The van der Waals surface area contributed by atoms with Crippen LogP contribution in [0.4, 0.5) is 0 Å². The second kappa shape index (κ2) is 19.2. The molecule has 0 N–H and O–H groups in total. The molecule has 10 heteroatoms. The predicted molar refractivity (Wildman–Crippen MR) is 85.1 cm³/mol. The second-order valence-electron chi connectivity index (χ2n) is 5.88. The zero-order valence-corrected chi connectivity index (χ0v) is 21.1. The van der Waals surface area contributed by atoms with E-state index >= 15 is 0 Å². The number of hydrogen-bond acceptors (Lipinski definition) is 7. The van der Waals surface area contributed by atoms with E-state index in [0.29, 0.717) is 6.42 Å². The van der Waals surface area contributed by atoms with Gasteiger partial charge in [0.1, 0.15) is 5.25 Å². The van der Waals surface area contributed by atoms with Crippen LogP contribution in [0, 0.1) is 0 Å². The molecule has 0 radical (unpaired) electrons. The Kier molecular flexibility index (Phi) is 23.3. The van der Waals surface area contributed by atoms with E-state index < -0.39 is 33.7 Å². The number of unbranched alkanes of at least 4 members (excludes halogenated alkanes) is 9. The van der Waals surface area contributed by atoms with E-state index in [1.54, 1.807) is 0 Å². The summed E-state index contributed by atoms with van der Waals surface area (Å²) in [5, 5.41) is 18.9. The smallest absolute Gasteiger partial charge is 0.550 e. The minimum Gasteiger partial charge on any atom is -0.550 e. The van der Waals surface area contributed by atoms with Crippen molar-refractivity contribution in [1.29, 1.82) is 0 Å². The number of carbonyl (C=O) groups is 2. The van der Waals surface area contributed by atoms with Crippen molar-refractivity contribution in [3.8, 4) is 0 Å². The van der Waals surface area contributed by atoms with Gasteiger partial charge in [-0.3, -0.25) is 4.18 Å². The normalized spacial score (nSPS) is 11.9. The molecule has 0 spiro atoms. The third-order valence-electron chi connectivity index (χ3n) is 3.71. The van der Waals surface area contributed by atoms with Crippen LogP contribution in [0.1, 0.15) is 77.6 Å². The SMILES string of the molecule is CCCCCCCCCCCCOS(=O)(=O)C(CC(=O)[O-])C(=O)[O-].[Na+].[Na+]. The van der Waals surface area contributed by atoms with Crippen LogP contribution in [0.5, 0.6) is 0 Å². The summed E-state index contributed by atoms with van der Waals surface area (Å²) in [6, 6.07) is 0. The van der Waals surface area contributed by atoms with Gasteiger partial charge in [-0.2, -0.15) is 8.42 Å². The molecule has 1 unspecified atom stereocenters. The average molecular weight is 410 g/mol. The first-order valence-electron chi connectivity index (χ1n) is 8.60. The summed E-state index contributed by atoms with van der Waals surface area (Å²) in [7, 11) is -4.51. The molecule has 0 aromatic heterocycles. The van der Waals surface area contributed by atoms with Crippen LogP contribution in [-0.2, 0) is 23.9 Å². The molecule has 0 bridgehead atoms. The standard InChI is InChI=1S/C16H30O7S.2Na/c1-2-3-4-5-6-7-8-9-10-11-12-23-24(21,22)14(16(19)20)13-15(17)18;;/h14H,2-13H2,1H3,(H,17,18)(H,19,20);;/q;2*+1/p-2. The first-order valence-corrected chi connectivity index (χ1v) is 10.1. The number of rotatable bonds is 16. The largest absolute Gasteiger partial charge is 1.00 e. The molecule has 26 heavy (non-hydrogen) atoms. The fourth-order valence-corrected chi connectivity index (χ4v) is 3.39. The minimum absolute atomic E-state index is 0. The molecule has 0 aliphatic rings. The Hall–Kier alpha value is 0.850. The average Bonchev–Trinajstić information content (AvgIpc) is 2.49. The molecule has 0 aromatic carbocycles. The zero-order chi connectivity index (χ0) is 18.4. The van der Waals surface area contributed by atoms with Gasteiger partial charge < -0.3 is 19.8 Å². The van der Waals surface area contributed by atoms with E-state index in [1.807, 2.05) is 0 Å².